The molecule has 2 nitrogen and oxygen atoms in total. The van der Waals surface area contributed by atoms with Gasteiger partial charge < -0.3 is 0 Å². The fourth-order valence-electron chi connectivity index (χ4n) is 2.53. The van der Waals surface area contributed by atoms with Crippen molar-refractivity contribution >= 4 is 17.9 Å². The third-order valence-electron chi connectivity index (χ3n) is 4.25. The molecule has 3 heteroatoms. The highest BCUT2D eigenvalue weighted by Crippen LogP contribution is 2.51. The number of hydrogen-bond donors (Lipinski definition) is 1. The highest BCUT2D eigenvalue weighted by atomic mass is 32.2. The molecule has 0 saturated heterocycles. The van der Waals surface area contributed by atoms with E-state index in [-0.39, 0.29) is 5.91 Å². The van der Waals surface area contributed by atoms with Crippen LogP contribution in [0, 0.1) is 11.8 Å². The second-order valence-electron chi connectivity index (χ2n) is 5.80. The minimum atomic E-state index is 0.282. The van der Waals surface area contributed by atoms with Crippen molar-refractivity contribution in [2.45, 2.75) is 63.0 Å². The molecular weight excluding hydrogens is 242 g/mol. The largest absolute Gasteiger partial charge is 0.299 e. The Morgan fingerprint density at radius 1 is 1.50 bits per heavy atom. The first-order chi connectivity index (χ1) is 8.71. The highest BCUT2D eigenvalue weighted by molar-refractivity contribution is 7.99. The molecule has 0 aromatic rings. The predicted molar refractivity (Wildman–Crippen MR) is 78.3 cm³/mol. The molecule has 0 bridgehead atoms. The first-order valence-corrected chi connectivity index (χ1v) is 8.11. The Morgan fingerprint density at radius 3 is 2.83 bits per heavy atom. The Morgan fingerprint density at radius 2 is 2.28 bits per heavy atom. The summed E-state index contributed by atoms with van der Waals surface area (Å²) in [6.07, 6.45) is 11.6. The van der Waals surface area contributed by atoms with Crippen LogP contribution in [-0.4, -0.2) is 10.7 Å². The van der Waals surface area contributed by atoms with Gasteiger partial charge in [-0.25, -0.2) is 0 Å². The Hall–Kier alpha value is -0.440. The number of amides is 1. The van der Waals surface area contributed by atoms with Crippen LogP contribution in [-0.2, 0) is 4.79 Å². The molecule has 1 unspecified atom stereocenters. The summed E-state index contributed by atoms with van der Waals surface area (Å²) in [5.41, 5.74) is 0. The van der Waals surface area contributed by atoms with Gasteiger partial charge in [-0.2, -0.15) is 0 Å². The molecule has 2 aliphatic rings. The van der Waals surface area contributed by atoms with Crippen LogP contribution < -0.4 is 4.72 Å². The number of hydrogen-bond acceptors (Lipinski definition) is 2. The lowest BCUT2D eigenvalue weighted by atomic mass is 10.1. The monoisotopic (exact) mass is 267 g/mol. The van der Waals surface area contributed by atoms with Gasteiger partial charge in [-0.15, -0.1) is 6.58 Å². The molecule has 1 amide bonds. The average molecular weight is 267 g/mol. The standard InChI is InChI=1S/C15H25NOS/c1-3-5-6-7-8-15(9-10-15)18-16-14(17)13-11-12(13)4-2/h3,12-13H,1,4-11H2,2H3,(H,16,17)/t12?,13-/m0/s1. The van der Waals surface area contributed by atoms with Gasteiger partial charge in [0, 0.05) is 10.7 Å². The third kappa shape index (κ3) is 3.78. The average Bonchev–Trinajstić information content (AvgIpc) is 3.26. The van der Waals surface area contributed by atoms with Crippen LogP contribution in [0.1, 0.15) is 58.3 Å². The lowest BCUT2D eigenvalue weighted by Crippen LogP contribution is -2.23. The normalized spacial score (nSPS) is 27.6. The zero-order chi connectivity index (χ0) is 13.0. The summed E-state index contributed by atoms with van der Waals surface area (Å²) in [4.78, 5) is 11.9. The summed E-state index contributed by atoms with van der Waals surface area (Å²) in [5.74, 6) is 1.26. The summed E-state index contributed by atoms with van der Waals surface area (Å²) in [5, 5.41) is 0. The van der Waals surface area contributed by atoms with E-state index in [1.165, 1.54) is 32.1 Å². The number of unbranched alkanes of at least 4 members (excludes halogenated alkanes) is 2. The van der Waals surface area contributed by atoms with Gasteiger partial charge in [-0.3, -0.25) is 9.52 Å². The lowest BCUT2D eigenvalue weighted by Gasteiger charge is -2.14. The summed E-state index contributed by atoms with van der Waals surface area (Å²) < 4.78 is 3.49. The minimum absolute atomic E-state index is 0.282. The van der Waals surface area contributed by atoms with Gasteiger partial charge in [0.05, 0.1) is 0 Å². The van der Waals surface area contributed by atoms with Gasteiger partial charge in [0.1, 0.15) is 0 Å². The van der Waals surface area contributed by atoms with Crippen molar-refractivity contribution in [2.75, 3.05) is 0 Å². The Balaban J connectivity index is 1.60. The van der Waals surface area contributed by atoms with Gasteiger partial charge in [0.2, 0.25) is 5.91 Å². The van der Waals surface area contributed by atoms with Crippen LogP contribution >= 0.6 is 11.9 Å². The van der Waals surface area contributed by atoms with Crippen molar-refractivity contribution < 1.29 is 4.79 Å². The van der Waals surface area contributed by atoms with E-state index < -0.39 is 0 Å². The molecule has 102 valence electrons. The summed E-state index contributed by atoms with van der Waals surface area (Å²) in [6, 6.07) is 0. The molecule has 2 saturated carbocycles. The van der Waals surface area contributed by atoms with E-state index in [2.05, 4.69) is 18.2 Å². The molecule has 0 aromatic heterocycles. The number of rotatable bonds is 9. The van der Waals surface area contributed by atoms with Gasteiger partial charge in [-0.05, 0) is 56.4 Å². The fraction of sp³-hybridized carbons (Fsp3) is 0.800. The van der Waals surface area contributed by atoms with Crippen LogP contribution in [0.2, 0.25) is 0 Å². The first kappa shape index (κ1) is 14.0. The second kappa shape index (κ2) is 6.14. The van der Waals surface area contributed by atoms with E-state index in [9.17, 15) is 4.79 Å². The molecule has 0 heterocycles. The molecule has 1 N–H and O–H groups in total. The van der Waals surface area contributed by atoms with E-state index in [1.807, 2.05) is 6.08 Å². The van der Waals surface area contributed by atoms with Crippen LogP contribution in [0.3, 0.4) is 0 Å². The molecular formula is C15H25NOS. The van der Waals surface area contributed by atoms with Crippen molar-refractivity contribution in [1.29, 1.82) is 0 Å². The topological polar surface area (TPSA) is 29.1 Å². The van der Waals surface area contributed by atoms with Gasteiger partial charge >= 0.3 is 0 Å². The zero-order valence-electron chi connectivity index (χ0n) is 11.4. The molecule has 2 rings (SSSR count). The van der Waals surface area contributed by atoms with Crippen LogP contribution in [0.15, 0.2) is 12.7 Å². The Labute approximate surface area is 115 Å². The molecule has 0 aromatic carbocycles. The van der Waals surface area contributed by atoms with Crippen molar-refractivity contribution in [3.63, 3.8) is 0 Å². The van der Waals surface area contributed by atoms with Crippen molar-refractivity contribution in [2.24, 2.45) is 11.8 Å². The molecule has 0 aliphatic heterocycles. The van der Waals surface area contributed by atoms with E-state index in [4.69, 9.17) is 0 Å². The fourth-order valence-corrected chi connectivity index (χ4v) is 3.55. The van der Waals surface area contributed by atoms with E-state index in [0.717, 1.165) is 19.3 Å². The third-order valence-corrected chi connectivity index (χ3v) is 5.60. The quantitative estimate of drug-likeness (QED) is 0.387. The Bertz CT molecular complexity index is 312. The summed E-state index contributed by atoms with van der Waals surface area (Å²) in [7, 11) is 0. The minimum Gasteiger partial charge on any atom is -0.299 e. The molecule has 18 heavy (non-hydrogen) atoms. The van der Waals surface area contributed by atoms with E-state index >= 15 is 0 Å². The summed E-state index contributed by atoms with van der Waals surface area (Å²) in [6.45, 7) is 5.92. The maximum absolute atomic E-state index is 11.9. The van der Waals surface area contributed by atoms with Crippen molar-refractivity contribution in [3.05, 3.63) is 12.7 Å². The SMILES string of the molecule is C=CCCCCC1(SNC(=O)[C@H]2CC2CC)CC1. The lowest BCUT2D eigenvalue weighted by molar-refractivity contribution is -0.120. The van der Waals surface area contributed by atoms with E-state index in [0.29, 0.717) is 16.6 Å². The second-order valence-corrected chi connectivity index (χ2v) is 7.07. The number of allylic oxidation sites excluding steroid dienone is 1. The van der Waals surface area contributed by atoms with Crippen molar-refractivity contribution in [1.82, 2.24) is 4.72 Å². The number of carbonyl (C=O) groups excluding carboxylic acids is 1. The molecule has 0 spiro atoms. The van der Waals surface area contributed by atoms with Crippen LogP contribution in [0.4, 0.5) is 0 Å². The van der Waals surface area contributed by atoms with E-state index in [1.54, 1.807) is 11.9 Å². The zero-order valence-corrected chi connectivity index (χ0v) is 12.2. The molecule has 0 radical (unpaired) electrons. The Kier molecular flexibility index (Phi) is 4.77. The van der Waals surface area contributed by atoms with Crippen molar-refractivity contribution in [3.8, 4) is 0 Å². The summed E-state index contributed by atoms with van der Waals surface area (Å²) >= 11 is 1.71. The molecule has 2 aliphatic carbocycles. The number of carbonyl (C=O) groups is 1. The molecule has 2 fully saturated rings. The van der Waals surface area contributed by atoms with Gasteiger partial charge in [0.25, 0.3) is 0 Å². The van der Waals surface area contributed by atoms with Crippen LogP contribution in [0.25, 0.3) is 0 Å². The maximum Gasteiger partial charge on any atom is 0.233 e. The maximum atomic E-state index is 11.9. The predicted octanol–water partition coefficient (Wildman–Crippen LogP) is 4.08. The highest BCUT2D eigenvalue weighted by Gasteiger charge is 2.46. The molecule has 2 atom stereocenters. The smallest absolute Gasteiger partial charge is 0.233 e. The van der Waals surface area contributed by atoms with Gasteiger partial charge in [-0.1, -0.05) is 25.8 Å². The number of nitrogens with one attached hydrogen (secondary N) is 1. The van der Waals surface area contributed by atoms with Gasteiger partial charge in [0.15, 0.2) is 0 Å². The van der Waals surface area contributed by atoms with Crippen LogP contribution in [0.5, 0.6) is 0 Å². The first-order valence-electron chi connectivity index (χ1n) is 7.29.